The van der Waals surface area contributed by atoms with E-state index in [0.717, 1.165) is 0 Å². The third kappa shape index (κ3) is 2.58. The average Bonchev–Trinajstić information content (AvgIpc) is 2.11. The largest absolute Gasteiger partial charge is 0.397 e. The van der Waals surface area contributed by atoms with E-state index < -0.39 is 5.91 Å². The van der Waals surface area contributed by atoms with Crippen molar-refractivity contribution in [2.45, 2.75) is 0 Å². The van der Waals surface area contributed by atoms with E-state index in [1.165, 1.54) is 6.07 Å². The molecule has 0 aliphatic carbocycles. The SMILES string of the molecule is NC(=S)C(=O)Nc1ccc(Cl)c(N)c1. The molecule has 4 nitrogen and oxygen atoms in total. The molecule has 14 heavy (non-hydrogen) atoms. The van der Waals surface area contributed by atoms with Crippen molar-refractivity contribution in [3.05, 3.63) is 23.2 Å². The molecule has 0 aliphatic heterocycles. The normalized spacial score (nSPS) is 9.50. The van der Waals surface area contributed by atoms with Gasteiger partial charge in [0.25, 0.3) is 5.91 Å². The number of carbonyl (C=O) groups is 1. The molecule has 1 aromatic rings. The second kappa shape index (κ2) is 4.26. The number of hydrogen-bond acceptors (Lipinski definition) is 3. The molecule has 1 aromatic carbocycles. The molecule has 74 valence electrons. The fraction of sp³-hybridized carbons (Fsp3) is 0. The summed E-state index contributed by atoms with van der Waals surface area (Å²) in [7, 11) is 0. The van der Waals surface area contributed by atoms with Gasteiger partial charge < -0.3 is 16.8 Å². The number of hydrogen-bond donors (Lipinski definition) is 3. The highest BCUT2D eigenvalue weighted by molar-refractivity contribution is 7.82. The maximum atomic E-state index is 11.1. The predicted molar refractivity (Wildman–Crippen MR) is 61.3 cm³/mol. The number of nitrogens with one attached hydrogen (secondary N) is 1. The van der Waals surface area contributed by atoms with Crippen molar-refractivity contribution in [3.63, 3.8) is 0 Å². The molecule has 0 aliphatic rings. The molecular weight excluding hydrogens is 222 g/mol. The summed E-state index contributed by atoms with van der Waals surface area (Å²) in [6.45, 7) is 0. The van der Waals surface area contributed by atoms with Crippen LogP contribution in [0.5, 0.6) is 0 Å². The van der Waals surface area contributed by atoms with Crippen LogP contribution in [0.2, 0.25) is 5.02 Å². The summed E-state index contributed by atoms with van der Waals surface area (Å²) in [6.07, 6.45) is 0. The van der Waals surface area contributed by atoms with Crippen LogP contribution in [-0.4, -0.2) is 10.9 Å². The van der Waals surface area contributed by atoms with Crippen LogP contribution in [0, 0.1) is 0 Å². The third-order valence-electron chi connectivity index (χ3n) is 1.48. The lowest BCUT2D eigenvalue weighted by molar-refractivity contribution is -0.110. The summed E-state index contributed by atoms with van der Waals surface area (Å²) >= 11 is 10.2. The van der Waals surface area contributed by atoms with Crippen LogP contribution >= 0.6 is 23.8 Å². The van der Waals surface area contributed by atoms with Crippen LogP contribution in [0.4, 0.5) is 11.4 Å². The Labute approximate surface area is 91.2 Å². The molecule has 0 unspecified atom stereocenters. The molecule has 0 aromatic heterocycles. The number of anilines is 2. The van der Waals surface area contributed by atoms with Crippen LogP contribution < -0.4 is 16.8 Å². The van der Waals surface area contributed by atoms with Gasteiger partial charge in [-0.3, -0.25) is 4.79 Å². The summed E-state index contributed by atoms with van der Waals surface area (Å²) in [5, 5.41) is 2.89. The first-order chi connectivity index (χ1) is 6.50. The Bertz CT molecular complexity index is 394. The lowest BCUT2D eigenvalue weighted by Gasteiger charge is -2.05. The Morgan fingerprint density at radius 2 is 2.14 bits per heavy atom. The smallest absolute Gasteiger partial charge is 0.282 e. The quantitative estimate of drug-likeness (QED) is 0.498. The molecular formula is C8H8ClN3OS. The number of nitrogen functional groups attached to an aromatic ring is 1. The van der Waals surface area contributed by atoms with Gasteiger partial charge in [-0.15, -0.1) is 0 Å². The standard InChI is InChI=1S/C8H8ClN3OS/c9-5-2-1-4(3-6(5)10)12-8(13)7(11)14/h1-3H,10H2,(H2,11,14)(H,12,13). The van der Waals surface area contributed by atoms with Crippen molar-refractivity contribution in [2.75, 3.05) is 11.1 Å². The van der Waals surface area contributed by atoms with E-state index in [9.17, 15) is 4.79 Å². The van der Waals surface area contributed by atoms with Crippen molar-refractivity contribution in [1.29, 1.82) is 0 Å². The molecule has 1 rings (SSSR count). The van der Waals surface area contributed by atoms with E-state index in [1.807, 2.05) is 0 Å². The van der Waals surface area contributed by atoms with E-state index in [-0.39, 0.29) is 4.99 Å². The first-order valence-corrected chi connectivity index (χ1v) is 4.45. The summed E-state index contributed by atoms with van der Waals surface area (Å²) in [6, 6.07) is 4.71. The van der Waals surface area contributed by atoms with Gasteiger partial charge in [-0.1, -0.05) is 23.8 Å². The Hall–Kier alpha value is -1.33. The minimum absolute atomic E-state index is 0.224. The van der Waals surface area contributed by atoms with E-state index in [4.69, 9.17) is 23.1 Å². The molecule has 5 N–H and O–H groups in total. The first kappa shape index (κ1) is 10.7. The fourth-order valence-electron chi connectivity index (χ4n) is 0.814. The summed E-state index contributed by atoms with van der Waals surface area (Å²) in [4.78, 5) is 10.8. The molecule has 0 bridgehead atoms. The van der Waals surface area contributed by atoms with Gasteiger partial charge in [-0.25, -0.2) is 0 Å². The highest BCUT2D eigenvalue weighted by atomic mass is 35.5. The van der Waals surface area contributed by atoms with Crippen LogP contribution in [0.1, 0.15) is 0 Å². The highest BCUT2D eigenvalue weighted by Crippen LogP contribution is 2.22. The van der Waals surface area contributed by atoms with Crippen molar-refractivity contribution in [3.8, 4) is 0 Å². The van der Waals surface area contributed by atoms with E-state index >= 15 is 0 Å². The summed E-state index contributed by atoms with van der Waals surface area (Å²) in [5.74, 6) is -0.526. The molecule has 6 heteroatoms. The number of nitrogens with two attached hydrogens (primary N) is 2. The second-order valence-corrected chi connectivity index (χ2v) is 3.40. The zero-order valence-electron chi connectivity index (χ0n) is 7.08. The molecule has 0 spiro atoms. The Morgan fingerprint density at radius 1 is 1.50 bits per heavy atom. The van der Waals surface area contributed by atoms with Crippen LogP contribution in [0.15, 0.2) is 18.2 Å². The number of amides is 1. The van der Waals surface area contributed by atoms with Crippen molar-refractivity contribution in [1.82, 2.24) is 0 Å². The van der Waals surface area contributed by atoms with Crippen molar-refractivity contribution < 1.29 is 4.79 Å². The molecule has 0 radical (unpaired) electrons. The third-order valence-corrected chi connectivity index (χ3v) is 2.01. The zero-order valence-corrected chi connectivity index (χ0v) is 8.65. The second-order valence-electron chi connectivity index (χ2n) is 2.55. The number of carbonyl (C=O) groups excluding carboxylic acids is 1. The minimum atomic E-state index is -0.526. The van der Waals surface area contributed by atoms with Crippen LogP contribution in [0.25, 0.3) is 0 Å². The van der Waals surface area contributed by atoms with Crippen molar-refractivity contribution in [2.24, 2.45) is 5.73 Å². The molecule has 0 saturated carbocycles. The minimum Gasteiger partial charge on any atom is -0.397 e. The number of thiocarbonyl (C=S) groups is 1. The maximum Gasteiger partial charge on any atom is 0.282 e. The predicted octanol–water partition coefficient (Wildman–Crippen LogP) is 1.15. The Balaban J connectivity index is 2.83. The maximum absolute atomic E-state index is 11.1. The molecule has 0 atom stereocenters. The van der Waals surface area contributed by atoms with E-state index in [2.05, 4.69) is 17.5 Å². The van der Waals surface area contributed by atoms with Gasteiger partial charge in [0.1, 0.15) is 0 Å². The van der Waals surface area contributed by atoms with Gasteiger partial charge >= 0.3 is 0 Å². The topological polar surface area (TPSA) is 81.1 Å². The van der Waals surface area contributed by atoms with Gasteiger partial charge in [0, 0.05) is 5.69 Å². The zero-order chi connectivity index (χ0) is 10.7. The number of benzene rings is 1. The number of halogens is 1. The van der Waals surface area contributed by atoms with Gasteiger partial charge in [-0.05, 0) is 18.2 Å². The average molecular weight is 230 g/mol. The Morgan fingerprint density at radius 3 is 2.64 bits per heavy atom. The highest BCUT2D eigenvalue weighted by Gasteiger charge is 2.05. The summed E-state index contributed by atoms with van der Waals surface area (Å²) < 4.78 is 0. The lowest BCUT2D eigenvalue weighted by Crippen LogP contribution is -2.27. The lowest BCUT2D eigenvalue weighted by atomic mass is 10.3. The monoisotopic (exact) mass is 229 g/mol. The Kier molecular flexibility index (Phi) is 3.27. The van der Waals surface area contributed by atoms with E-state index in [0.29, 0.717) is 16.4 Å². The first-order valence-electron chi connectivity index (χ1n) is 3.66. The van der Waals surface area contributed by atoms with Gasteiger partial charge in [0.15, 0.2) is 4.99 Å². The van der Waals surface area contributed by atoms with Gasteiger partial charge in [0.05, 0.1) is 10.7 Å². The van der Waals surface area contributed by atoms with Gasteiger partial charge in [-0.2, -0.15) is 0 Å². The molecule has 1 amide bonds. The van der Waals surface area contributed by atoms with E-state index in [1.54, 1.807) is 12.1 Å². The van der Waals surface area contributed by atoms with Gasteiger partial charge in [0.2, 0.25) is 0 Å². The van der Waals surface area contributed by atoms with Crippen LogP contribution in [-0.2, 0) is 4.79 Å². The number of rotatable bonds is 1. The molecule has 0 heterocycles. The van der Waals surface area contributed by atoms with Crippen molar-refractivity contribution >= 4 is 46.1 Å². The fourth-order valence-corrected chi connectivity index (χ4v) is 0.983. The summed E-state index contributed by atoms with van der Waals surface area (Å²) in [5.41, 5.74) is 11.5. The van der Waals surface area contributed by atoms with Crippen LogP contribution in [0.3, 0.4) is 0 Å². The molecule has 0 saturated heterocycles. The molecule has 0 fully saturated rings.